The zero-order chi connectivity index (χ0) is 23.8. The Morgan fingerprint density at radius 3 is 2.39 bits per heavy atom. The average Bonchev–Trinajstić information content (AvgIpc) is 2.79. The van der Waals surface area contributed by atoms with Gasteiger partial charge in [0.2, 0.25) is 11.8 Å². The van der Waals surface area contributed by atoms with Gasteiger partial charge in [-0.25, -0.2) is 4.39 Å². The first-order valence-electron chi connectivity index (χ1n) is 10.3. The van der Waals surface area contributed by atoms with Gasteiger partial charge in [-0.2, -0.15) is 0 Å². The fourth-order valence-electron chi connectivity index (χ4n) is 3.20. The van der Waals surface area contributed by atoms with Gasteiger partial charge in [0, 0.05) is 25.6 Å². The Kier molecular flexibility index (Phi) is 7.86. The number of nitrogens with one attached hydrogen (secondary N) is 2. The van der Waals surface area contributed by atoms with Crippen LogP contribution >= 0.6 is 0 Å². The van der Waals surface area contributed by atoms with E-state index in [4.69, 9.17) is 9.47 Å². The van der Waals surface area contributed by atoms with Gasteiger partial charge >= 0.3 is 0 Å². The second kappa shape index (κ2) is 11.0. The SMILES string of the molecule is COc1ccc(NCNC(C)=O)c(CN(C(C)=O)c2cc(F)ccc2Oc2ccccc2)c1. The van der Waals surface area contributed by atoms with Crippen LogP contribution in [0, 0.1) is 5.82 Å². The van der Waals surface area contributed by atoms with Crippen molar-refractivity contribution >= 4 is 23.2 Å². The molecule has 0 unspecified atom stereocenters. The first-order valence-corrected chi connectivity index (χ1v) is 10.3. The predicted molar refractivity (Wildman–Crippen MR) is 125 cm³/mol. The second-order valence-corrected chi connectivity index (χ2v) is 7.24. The fourth-order valence-corrected chi connectivity index (χ4v) is 3.20. The summed E-state index contributed by atoms with van der Waals surface area (Å²) in [7, 11) is 1.55. The lowest BCUT2D eigenvalue weighted by Gasteiger charge is -2.25. The molecule has 0 radical (unpaired) electrons. The molecule has 0 saturated carbocycles. The summed E-state index contributed by atoms with van der Waals surface area (Å²) in [5.41, 5.74) is 1.70. The van der Waals surface area contributed by atoms with Crippen molar-refractivity contribution in [2.45, 2.75) is 20.4 Å². The molecule has 0 spiro atoms. The number of rotatable bonds is 9. The summed E-state index contributed by atoms with van der Waals surface area (Å²) in [5.74, 6) is 0.533. The largest absolute Gasteiger partial charge is 0.497 e. The van der Waals surface area contributed by atoms with Crippen molar-refractivity contribution in [2.24, 2.45) is 0 Å². The summed E-state index contributed by atoms with van der Waals surface area (Å²) in [6.45, 7) is 3.15. The Hall–Kier alpha value is -4.07. The molecule has 8 heteroatoms. The van der Waals surface area contributed by atoms with Crippen molar-refractivity contribution in [1.82, 2.24) is 5.32 Å². The molecule has 172 valence electrons. The van der Waals surface area contributed by atoms with Gasteiger partial charge in [0.15, 0.2) is 5.75 Å². The van der Waals surface area contributed by atoms with Crippen molar-refractivity contribution in [3.8, 4) is 17.2 Å². The molecule has 0 heterocycles. The van der Waals surface area contributed by atoms with Crippen LogP contribution in [-0.4, -0.2) is 25.6 Å². The molecule has 3 aromatic rings. The van der Waals surface area contributed by atoms with E-state index in [1.807, 2.05) is 18.2 Å². The van der Waals surface area contributed by atoms with Crippen LogP contribution in [0.2, 0.25) is 0 Å². The van der Waals surface area contributed by atoms with Crippen molar-refractivity contribution in [3.63, 3.8) is 0 Å². The van der Waals surface area contributed by atoms with E-state index in [2.05, 4.69) is 10.6 Å². The Morgan fingerprint density at radius 2 is 1.73 bits per heavy atom. The van der Waals surface area contributed by atoms with E-state index >= 15 is 0 Å². The first kappa shape index (κ1) is 23.6. The van der Waals surface area contributed by atoms with Crippen LogP contribution in [0.5, 0.6) is 17.2 Å². The molecular weight excluding hydrogens is 425 g/mol. The Morgan fingerprint density at radius 1 is 0.970 bits per heavy atom. The zero-order valence-corrected chi connectivity index (χ0v) is 18.7. The number of hydrogen-bond acceptors (Lipinski definition) is 5. The average molecular weight is 451 g/mol. The molecular formula is C25H26FN3O4. The number of carbonyl (C=O) groups excluding carboxylic acids is 2. The molecule has 0 saturated heterocycles. The molecule has 3 rings (SSSR count). The maximum atomic E-state index is 14.2. The molecule has 7 nitrogen and oxygen atoms in total. The lowest BCUT2D eigenvalue weighted by Crippen LogP contribution is -2.30. The lowest BCUT2D eigenvalue weighted by molar-refractivity contribution is -0.119. The Balaban J connectivity index is 1.97. The normalized spacial score (nSPS) is 10.3. The highest BCUT2D eigenvalue weighted by atomic mass is 19.1. The maximum Gasteiger partial charge on any atom is 0.224 e. The summed E-state index contributed by atoms with van der Waals surface area (Å²) < 4.78 is 25.5. The quantitative estimate of drug-likeness (QED) is 0.462. The van der Waals surface area contributed by atoms with Crippen molar-refractivity contribution in [2.75, 3.05) is 24.0 Å². The summed E-state index contributed by atoms with van der Waals surface area (Å²) in [6, 6.07) is 18.4. The van der Waals surface area contributed by atoms with E-state index in [9.17, 15) is 14.0 Å². The summed E-state index contributed by atoms with van der Waals surface area (Å²) in [5, 5.41) is 5.80. The number of carbonyl (C=O) groups is 2. The highest BCUT2D eigenvalue weighted by Gasteiger charge is 2.20. The molecule has 2 amide bonds. The van der Waals surface area contributed by atoms with Crippen LogP contribution in [0.4, 0.5) is 15.8 Å². The highest BCUT2D eigenvalue weighted by molar-refractivity contribution is 5.93. The first-order chi connectivity index (χ1) is 15.9. The van der Waals surface area contributed by atoms with Gasteiger partial charge in [-0.3, -0.25) is 9.59 Å². The van der Waals surface area contributed by atoms with Gasteiger partial charge in [-0.05, 0) is 48.0 Å². The summed E-state index contributed by atoms with van der Waals surface area (Å²) in [6.07, 6.45) is 0. The molecule has 0 bridgehead atoms. The van der Waals surface area contributed by atoms with Crippen LogP contribution in [0.25, 0.3) is 0 Å². The third-order valence-electron chi connectivity index (χ3n) is 4.82. The van der Waals surface area contributed by atoms with E-state index < -0.39 is 5.82 Å². The molecule has 3 aromatic carbocycles. The molecule has 2 N–H and O–H groups in total. The van der Waals surface area contributed by atoms with Gasteiger partial charge < -0.3 is 25.0 Å². The maximum absolute atomic E-state index is 14.2. The van der Waals surface area contributed by atoms with Gasteiger partial charge in [-0.15, -0.1) is 0 Å². The second-order valence-electron chi connectivity index (χ2n) is 7.24. The van der Waals surface area contributed by atoms with E-state index in [1.54, 1.807) is 37.4 Å². The number of halogens is 1. The van der Waals surface area contributed by atoms with E-state index in [1.165, 1.54) is 36.9 Å². The molecule has 0 atom stereocenters. The minimum Gasteiger partial charge on any atom is -0.497 e. The molecule has 0 aromatic heterocycles. The van der Waals surface area contributed by atoms with Crippen LogP contribution in [0.15, 0.2) is 66.7 Å². The minimum absolute atomic E-state index is 0.115. The van der Waals surface area contributed by atoms with Crippen molar-refractivity contribution < 1.29 is 23.5 Å². The molecule has 0 aliphatic carbocycles. The predicted octanol–water partition coefficient (Wildman–Crippen LogP) is 4.69. The number of benzene rings is 3. The zero-order valence-electron chi connectivity index (χ0n) is 18.7. The Labute approximate surface area is 192 Å². The van der Waals surface area contributed by atoms with Gasteiger partial charge in [0.25, 0.3) is 0 Å². The third-order valence-corrected chi connectivity index (χ3v) is 4.82. The third kappa shape index (κ3) is 6.46. The van der Waals surface area contributed by atoms with E-state index in [0.29, 0.717) is 34.2 Å². The van der Waals surface area contributed by atoms with Crippen LogP contribution < -0.4 is 25.0 Å². The molecule has 0 aliphatic heterocycles. The monoisotopic (exact) mass is 451 g/mol. The van der Waals surface area contributed by atoms with Crippen LogP contribution in [0.3, 0.4) is 0 Å². The number of nitrogens with zero attached hydrogens (tertiary/aromatic N) is 1. The van der Waals surface area contributed by atoms with Crippen LogP contribution in [0.1, 0.15) is 19.4 Å². The van der Waals surface area contributed by atoms with Gasteiger partial charge in [-0.1, -0.05) is 18.2 Å². The van der Waals surface area contributed by atoms with E-state index in [-0.39, 0.29) is 25.0 Å². The summed E-state index contributed by atoms with van der Waals surface area (Å²) >= 11 is 0. The minimum atomic E-state index is -0.494. The summed E-state index contributed by atoms with van der Waals surface area (Å²) in [4.78, 5) is 25.3. The van der Waals surface area contributed by atoms with E-state index in [0.717, 1.165) is 0 Å². The Bertz CT molecular complexity index is 1120. The number of ether oxygens (including phenoxy) is 2. The highest BCUT2D eigenvalue weighted by Crippen LogP contribution is 2.35. The fraction of sp³-hybridized carbons (Fsp3) is 0.200. The van der Waals surface area contributed by atoms with Crippen molar-refractivity contribution in [3.05, 3.63) is 78.1 Å². The standard InChI is InChI=1S/C25H26FN3O4/c1-17(30)27-16-28-23-11-10-22(32-3)13-19(23)15-29(18(2)31)24-14-20(26)9-12-25(24)33-21-7-5-4-6-8-21/h4-14,28H,15-16H2,1-3H3,(H,27,30). The van der Waals surface area contributed by atoms with Gasteiger partial charge in [0.05, 0.1) is 26.0 Å². The number of para-hydroxylation sites is 1. The number of anilines is 2. The molecule has 0 aliphatic rings. The van der Waals surface area contributed by atoms with Crippen LogP contribution in [-0.2, 0) is 16.1 Å². The number of amides is 2. The van der Waals surface area contributed by atoms with Crippen molar-refractivity contribution in [1.29, 1.82) is 0 Å². The number of hydrogen-bond donors (Lipinski definition) is 2. The van der Waals surface area contributed by atoms with Gasteiger partial charge in [0.1, 0.15) is 17.3 Å². The molecule has 0 fully saturated rings. The smallest absolute Gasteiger partial charge is 0.224 e. The molecule has 33 heavy (non-hydrogen) atoms. The lowest BCUT2D eigenvalue weighted by atomic mass is 10.1. The number of methoxy groups -OCH3 is 1. The topological polar surface area (TPSA) is 79.9 Å².